The molecule has 0 spiro atoms. The maximum absolute atomic E-state index is 11.8. The van der Waals surface area contributed by atoms with Crippen LogP contribution < -0.4 is 10.2 Å². The second kappa shape index (κ2) is 5.03. The zero-order valence-corrected chi connectivity index (χ0v) is 10.9. The summed E-state index contributed by atoms with van der Waals surface area (Å²) in [6, 6.07) is 8.08. The zero-order chi connectivity index (χ0) is 13.2. The van der Waals surface area contributed by atoms with Gasteiger partial charge in [-0.05, 0) is 25.0 Å². The van der Waals surface area contributed by atoms with Crippen LogP contribution in [0.5, 0.6) is 0 Å². The van der Waals surface area contributed by atoms with E-state index < -0.39 is 0 Å². The molecule has 0 radical (unpaired) electrons. The number of hydrogen-bond acceptors (Lipinski definition) is 3. The number of Topliss-reactive ketones (excluding diaryl/α,β-unsaturated/α-hetero) is 1. The van der Waals surface area contributed by atoms with Gasteiger partial charge in [0.05, 0.1) is 0 Å². The molecule has 4 nitrogen and oxygen atoms in total. The van der Waals surface area contributed by atoms with Crippen LogP contribution in [0.1, 0.15) is 36.0 Å². The molecule has 4 heteroatoms. The van der Waals surface area contributed by atoms with Crippen molar-refractivity contribution >= 4 is 17.4 Å². The lowest BCUT2D eigenvalue weighted by Gasteiger charge is -2.30. The first-order chi connectivity index (χ1) is 9.24. The van der Waals surface area contributed by atoms with E-state index in [-0.39, 0.29) is 11.7 Å². The topological polar surface area (TPSA) is 49.4 Å². The van der Waals surface area contributed by atoms with Gasteiger partial charge < -0.3 is 10.2 Å². The average molecular weight is 258 g/mol. The molecule has 1 N–H and O–H groups in total. The van der Waals surface area contributed by atoms with Gasteiger partial charge in [0.1, 0.15) is 0 Å². The smallest absolute Gasteiger partial charge is 0.221 e. The monoisotopic (exact) mass is 258 g/mol. The van der Waals surface area contributed by atoms with Crippen LogP contribution in [-0.4, -0.2) is 30.8 Å². The third-order valence-electron chi connectivity index (χ3n) is 3.71. The maximum atomic E-state index is 11.8. The number of ketones is 1. The van der Waals surface area contributed by atoms with Crippen molar-refractivity contribution in [1.29, 1.82) is 0 Å². The Bertz CT molecular complexity index is 509. The number of carbonyl (C=O) groups excluding carboxylic acids is 2. The van der Waals surface area contributed by atoms with Gasteiger partial charge in [-0.3, -0.25) is 9.59 Å². The molecule has 3 rings (SSSR count). The molecule has 1 amide bonds. The van der Waals surface area contributed by atoms with Crippen molar-refractivity contribution in [3.05, 3.63) is 29.8 Å². The van der Waals surface area contributed by atoms with Gasteiger partial charge in [-0.15, -0.1) is 0 Å². The highest BCUT2D eigenvalue weighted by molar-refractivity contribution is 6.03. The molecule has 1 aromatic carbocycles. The number of benzene rings is 1. The highest BCUT2D eigenvalue weighted by atomic mass is 16.1. The van der Waals surface area contributed by atoms with Crippen LogP contribution in [0.15, 0.2) is 24.3 Å². The molecule has 0 bridgehead atoms. The van der Waals surface area contributed by atoms with Crippen molar-refractivity contribution in [2.24, 2.45) is 0 Å². The fourth-order valence-electron chi connectivity index (χ4n) is 2.47. The molecule has 0 atom stereocenters. The predicted octanol–water partition coefficient (Wildman–Crippen LogP) is 1.75. The highest BCUT2D eigenvalue weighted by Crippen LogP contribution is 2.26. The zero-order valence-electron chi connectivity index (χ0n) is 10.9. The predicted molar refractivity (Wildman–Crippen MR) is 73.4 cm³/mol. The van der Waals surface area contributed by atoms with E-state index in [0.717, 1.165) is 24.1 Å². The van der Waals surface area contributed by atoms with E-state index in [4.69, 9.17) is 0 Å². The summed E-state index contributed by atoms with van der Waals surface area (Å²) in [6.45, 7) is 1.40. The van der Waals surface area contributed by atoms with Crippen LogP contribution in [0, 0.1) is 0 Å². The van der Waals surface area contributed by atoms with E-state index in [2.05, 4.69) is 10.2 Å². The molecule has 2 aliphatic rings. The molecule has 1 saturated carbocycles. The summed E-state index contributed by atoms with van der Waals surface area (Å²) in [6.07, 6.45) is 3.28. The van der Waals surface area contributed by atoms with Crippen molar-refractivity contribution in [1.82, 2.24) is 5.32 Å². The molecule has 0 unspecified atom stereocenters. The number of carbonyl (C=O) groups is 2. The van der Waals surface area contributed by atoms with E-state index in [1.54, 1.807) is 0 Å². The fraction of sp³-hybridized carbons (Fsp3) is 0.467. The van der Waals surface area contributed by atoms with Crippen LogP contribution in [-0.2, 0) is 4.79 Å². The Balaban J connectivity index is 1.63. The molecule has 1 aromatic rings. The minimum atomic E-state index is 0.122. The Morgan fingerprint density at radius 3 is 2.89 bits per heavy atom. The molecule has 1 aliphatic carbocycles. The van der Waals surface area contributed by atoms with Gasteiger partial charge in [0.25, 0.3) is 0 Å². The Morgan fingerprint density at radius 1 is 1.32 bits per heavy atom. The molecule has 19 heavy (non-hydrogen) atoms. The number of nitrogens with zero attached hydrogens (tertiary/aromatic N) is 1. The maximum Gasteiger partial charge on any atom is 0.221 e. The Kier molecular flexibility index (Phi) is 3.23. The van der Waals surface area contributed by atoms with Gasteiger partial charge >= 0.3 is 0 Å². The van der Waals surface area contributed by atoms with Crippen LogP contribution in [0.25, 0.3) is 0 Å². The molecule has 1 aliphatic heterocycles. The number of nitrogens with one attached hydrogen (secondary N) is 1. The second-order valence-electron chi connectivity index (χ2n) is 5.27. The number of anilines is 1. The third-order valence-corrected chi connectivity index (χ3v) is 3.71. The summed E-state index contributed by atoms with van der Waals surface area (Å²) < 4.78 is 0. The standard InChI is InChI=1S/C15H18N2O2/c18-14-7-9-17(13-4-2-1-3-12(13)14)10-8-15(19)16-11-5-6-11/h1-4,11H,5-10H2,(H,16,19). The van der Waals surface area contributed by atoms with Crippen LogP contribution in [0.2, 0.25) is 0 Å². The summed E-state index contributed by atoms with van der Waals surface area (Å²) in [5.74, 6) is 0.325. The number of fused-ring (bicyclic) bond motifs is 1. The van der Waals surface area contributed by atoms with Crippen molar-refractivity contribution in [3.8, 4) is 0 Å². The first-order valence-corrected chi connectivity index (χ1v) is 6.90. The first kappa shape index (κ1) is 12.2. The summed E-state index contributed by atoms with van der Waals surface area (Å²) in [5, 5.41) is 2.99. The quantitative estimate of drug-likeness (QED) is 0.895. The van der Waals surface area contributed by atoms with E-state index in [9.17, 15) is 9.59 Å². The first-order valence-electron chi connectivity index (χ1n) is 6.90. The average Bonchev–Trinajstić information content (AvgIpc) is 3.22. The van der Waals surface area contributed by atoms with Crippen molar-refractivity contribution in [3.63, 3.8) is 0 Å². The van der Waals surface area contributed by atoms with Gasteiger partial charge in [-0.2, -0.15) is 0 Å². The summed E-state index contributed by atoms with van der Waals surface area (Å²) in [7, 11) is 0. The van der Waals surface area contributed by atoms with E-state index >= 15 is 0 Å². The highest BCUT2D eigenvalue weighted by Gasteiger charge is 2.25. The summed E-state index contributed by atoms with van der Waals surface area (Å²) in [5.41, 5.74) is 1.76. The molecular formula is C15H18N2O2. The number of amides is 1. The molecule has 100 valence electrons. The molecule has 1 fully saturated rings. The summed E-state index contributed by atoms with van der Waals surface area (Å²) >= 11 is 0. The Hall–Kier alpha value is -1.84. The van der Waals surface area contributed by atoms with Crippen molar-refractivity contribution in [2.45, 2.75) is 31.7 Å². The van der Waals surface area contributed by atoms with Crippen LogP contribution >= 0.6 is 0 Å². The van der Waals surface area contributed by atoms with Crippen molar-refractivity contribution in [2.75, 3.05) is 18.0 Å². The van der Waals surface area contributed by atoms with Crippen LogP contribution in [0.4, 0.5) is 5.69 Å². The minimum Gasteiger partial charge on any atom is -0.370 e. The second-order valence-corrected chi connectivity index (χ2v) is 5.27. The lowest BCUT2D eigenvalue weighted by Crippen LogP contribution is -2.36. The van der Waals surface area contributed by atoms with Gasteiger partial charge in [-0.25, -0.2) is 0 Å². The molecular weight excluding hydrogens is 240 g/mol. The third kappa shape index (κ3) is 2.78. The number of hydrogen-bond donors (Lipinski definition) is 1. The number of rotatable bonds is 4. The Labute approximate surface area is 112 Å². The molecule has 1 heterocycles. The van der Waals surface area contributed by atoms with Gasteiger partial charge in [0.2, 0.25) is 5.91 Å². The largest absolute Gasteiger partial charge is 0.370 e. The van der Waals surface area contributed by atoms with Gasteiger partial charge in [0, 0.05) is 43.2 Å². The minimum absolute atomic E-state index is 0.122. The van der Waals surface area contributed by atoms with Gasteiger partial charge in [0.15, 0.2) is 5.78 Å². The Morgan fingerprint density at radius 2 is 2.11 bits per heavy atom. The van der Waals surface area contributed by atoms with Gasteiger partial charge in [-0.1, -0.05) is 12.1 Å². The molecule has 0 saturated heterocycles. The lowest BCUT2D eigenvalue weighted by molar-refractivity contribution is -0.121. The van der Waals surface area contributed by atoms with E-state index in [0.29, 0.717) is 32.0 Å². The number of para-hydroxylation sites is 1. The van der Waals surface area contributed by atoms with E-state index in [1.807, 2.05) is 24.3 Å². The SMILES string of the molecule is O=C(CCN1CCC(=O)c2ccccc21)NC1CC1. The summed E-state index contributed by atoms with van der Waals surface area (Å²) in [4.78, 5) is 25.7. The fourth-order valence-corrected chi connectivity index (χ4v) is 2.47. The lowest BCUT2D eigenvalue weighted by atomic mass is 10.0. The van der Waals surface area contributed by atoms with Crippen LogP contribution in [0.3, 0.4) is 0 Å². The normalized spacial score (nSPS) is 18.1. The van der Waals surface area contributed by atoms with Crippen molar-refractivity contribution < 1.29 is 9.59 Å². The molecule has 0 aromatic heterocycles. The van der Waals surface area contributed by atoms with E-state index in [1.165, 1.54) is 0 Å².